The summed E-state index contributed by atoms with van der Waals surface area (Å²) in [6.07, 6.45) is 0. The van der Waals surface area contributed by atoms with E-state index in [0.717, 1.165) is 24.3 Å². The van der Waals surface area contributed by atoms with Crippen LogP contribution in [-0.4, -0.2) is 31.0 Å². The van der Waals surface area contributed by atoms with Gasteiger partial charge in [-0.1, -0.05) is 0 Å². The summed E-state index contributed by atoms with van der Waals surface area (Å²) in [7, 11) is -10.3. The van der Waals surface area contributed by atoms with Crippen LogP contribution in [0.3, 0.4) is 0 Å². The molecule has 15 heteroatoms. The smallest absolute Gasteiger partial charge is 0.716 e. The van der Waals surface area contributed by atoms with Crippen molar-refractivity contribution in [1.29, 1.82) is 0 Å². The topological polar surface area (TPSA) is 183 Å². The summed E-state index contributed by atoms with van der Waals surface area (Å²) in [5.74, 6) is -2.35. The van der Waals surface area contributed by atoms with Crippen LogP contribution in [0.4, 0.5) is 5.69 Å². The number of phenolic OH excluding ortho intramolecular Hbond substituents is 1. The van der Waals surface area contributed by atoms with E-state index in [0.29, 0.717) is 0 Å². The third-order valence-electron chi connectivity index (χ3n) is 2.50. The monoisotopic (exact) mass is 409 g/mol. The van der Waals surface area contributed by atoms with Crippen molar-refractivity contribution in [3.8, 4) is 17.2 Å². The second-order valence-electron chi connectivity index (χ2n) is 4.03. The molecular weight excluding hydrogens is 404 g/mol. The molecular formula is C10H5NNa2O10S2. The van der Waals surface area contributed by atoms with Crippen LogP contribution in [0.15, 0.2) is 29.4 Å². The first-order valence-corrected chi connectivity index (χ1v) is 8.10. The Hall–Kier alpha value is -0.480. The van der Waals surface area contributed by atoms with Gasteiger partial charge in [0.05, 0.1) is 0 Å². The molecule has 0 radical (unpaired) electrons. The first-order valence-electron chi connectivity index (χ1n) is 5.44. The van der Waals surface area contributed by atoms with Crippen LogP contribution in [0.5, 0.6) is 17.2 Å². The minimum Gasteiger partial charge on any atom is -0.716 e. The predicted octanol–water partition coefficient (Wildman–Crippen LogP) is -5.37. The fourth-order valence-corrected chi connectivity index (χ4v) is 2.45. The molecule has 0 amide bonds. The Morgan fingerprint density at radius 1 is 0.960 bits per heavy atom. The third-order valence-corrected chi connectivity index (χ3v) is 3.28. The number of hydrogen-bond acceptors (Lipinski definition) is 11. The van der Waals surface area contributed by atoms with E-state index in [2.05, 4.69) is 13.5 Å². The summed E-state index contributed by atoms with van der Waals surface area (Å²) in [6, 6.07) is 3.83. The zero-order valence-corrected chi connectivity index (χ0v) is 18.3. The van der Waals surface area contributed by atoms with Crippen molar-refractivity contribution in [3.05, 3.63) is 29.2 Å². The average Bonchev–Trinajstić information content (AvgIpc) is 2.36. The van der Waals surface area contributed by atoms with Crippen LogP contribution in [-0.2, 0) is 20.8 Å². The van der Waals surface area contributed by atoms with Gasteiger partial charge < -0.3 is 22.6 Å². The van der Waals surface area contributed by atoms with E-state index in [1.807, 2.05) is 0 Å². The van der Waals surface area contributed by atoms with Gasteiger partial charge in [0.25, 0.3) is 20.8 Å². The molecule has 0 heterocycles. The van der Waals surface area contributed by atoms with Gasteiger partial charge in [-0.25, -0.2) is 16.8 Å². The Bertz CT molecular complexity index is 1010. The number of fused-ring (bicyclic) bond motifs is 1. The maximum Gasteiger partial charge on any atom is 1.00 e. The second kappa shape index (κ2) is 8.94. The van der Waals surface area contributed by atoms with Gasteiger partial charge in [0.15, 0.2) is 17.2 Å². The summed E-state index contributed by atoms with van der Waals surface area (Å²) in [5.41, 5.74) is -0.655. The van der Waals surface area contributed by atoms with Crippen LogP contribution in [0.25, 0.3) is 10.8 Å². The largest absolute Gasteiger partial charge is 1.00 e. The third kappa shape index (κ3) is 6.63. The van der Waals surface area contributed by atoms with E-state index in [-0.39, 0.29) is 69.9 Å². The van der Waals surface area contributed by atoms with E-state index in [4.69, 9.17) is 0 Å². The van der Waals surface area contributed by atoms with E-state index in [1.165, 1.54) is 0 Å². The minimum absolute atomic E-state index is 0. The molecule has 0 aliphatic rings. The Morgan fingerprint density at radius 2 is 1.52 bits per heavy atom. The molecule has 11 nitrogen and oxygen atoms in total. The number of hydrogen-bond donors (Lipinski definition) is 1. The van der Waals surface area contributed by atoms with E-state index < -0.39 is 43.7 Å². The maximum atomic E-state index is 10.8. The van der Waals surface area contributed by atoms with Crippen molar-refractivity contribution in [2.45, 2.75) is 0 Å². The molecule has 0 saturated carbocycles. The Labute approximate surface area is 185 Å². The molecule has 0 fully saturated rings. The van der Waals surface area contributed by atoms with E-state index >= 15 is 0 Å². The molecule has 0 unspecified atom stereocenters. The SMILES string of the molecule is O=Nc1c(O)c(OS(=O)(=O)[O-])cc2cc(OS(=O)(=O)[O-])ccc12.[Na+].[Na+]. The molecule has 0 bridgehead atoms. The van der Waals surface area contributed by atoms with Gasteiger partial charge in [0, 0.05) is 5.39 Å². The van der Waals surface area contributed by atoms with Crippen LogP contribution in [0.1, 0.15) is 0 Å². The molecule has 1 N–H and O–H groups in total. The summed E-state index contributed by atoms with van der Waals surface area (Å²) in [4.78, 5) is 10.8. The summed E-state index contributed by atoms with van der Waals surface area (Å²) in [5, 5.41) is 12.1. The number of rotatable bonds is 5. The molecule has 25 heavy (non-hydrogen) atoms. The molecule has 124 valence electrons. The van der Waals surface area contributed by atoms with Gasteiger partial charge >= 0.3 is 59.1 Å². The maximum absolute atomic E-state index is 10.8. The van der Waals surface area contributed by atoms with Crippen molar-refractivity contribution < 1.29 is 98.5 Å². The second-order valence-corrected chi connectivity index (χ2v) is 6.00. The fraction of sp³-hybridized carbons (Fsp3) is 0. The molecule has 0 aliphatic carbocycles. The predicted molar refractivity (Wildman–Crippen MR) is 71.7 cm³/mol. The van der Waals surface area contributed by atoms with Crippen LogP contribution >= 0.6 is 0 Å². The van der Waals surface area contributed by atoms with Gasteiger partial charge in [-0.3, -0.25) is 0 Å². The minimum atomic E-state index is -5.26. The normalized spacial score (nSPS) is 11.1. The average molecular weight is 409 g/mol. The Kier molecular flexibility index (Phi) is 8.77. The number of phenols is 1. The zero-order chi connectivity index (χ0) is 17.4. The molecule has 0 spiro atoms. The van der Waals surface area contributed by atoms with E-state index in [1.54, 1.807) is 0 Å². The van der Waals surface area contributed by atoms with Gasteiger partial charge in [-0.15, -0.1) is 4.91 Å². The number of nitrogens with zero attached hydrogens (tertiary/aromatic N) is 1. The number of benzene rings is 2. The van der Waals surface area contributed by atoms with Crippen LogP contribution < -0.4 is 67.5 Å². The molecule has 2 aromatic rings. The van der Waals surface area contributed by atoms with Gasteiger partial charge in [-0.2, -0.15) is 0 Å². The summed E-state index contributed by atoms with van der Waals surface area (Å²) >= 11 is 0. The Morgan fingerprint density at radius 3 is 2.00 bits per heavy atom. The number of nitroso groups, excluding NO2 is 1. The van der Waals surface area contributed by atoms with Crippen LogP contribution in [0, 0.1) is 4.91 Å². The first-order chi connectivity index (χ1) is 10.5. The van der Waals surface area contributed by atoms with Crippen molar-refractivity contribution >= 4 is 37.3 Å². The number of aromatic hydroxyl groups is 1. The summed E-state index contributed by atoms with van der Waals surface area (Å²) < 4.78 is 71.5. The van der Waals surface area contributed by atoms with Crippen molar-refractivity contribution in [2.24, 2.45) is 5.18 Å². The molecule has 2 aromatic carbocycles. The first kappa shape index (κ1) is 24.5. The summed E-state index contributed by atoms with van der Waals surface area (Å²) in [6.45, 7) is 0. The Balaban J connectivity index is 0.00000288. The van der Waals surface area contributed by atoms with Crippen LogP contribution in [0.2, 0.25) is 0 Å². The van der Waals surface area contributed by atoms with Gasteiger partial charge in [0.2, 0.25) is 0 Å². The molecule has 0 aromatic heterocycles. The standard InChI is InChI=1S/C10H7NO10S2.2Na/c12-10-8(21-23(17,18)19)4-5-3-6(20-22(14,15)16)1-2-7(5)9(10)11-13;;/h1-4,12H,(H,14,15,16)(H,17,18,19);;/q;2*+1/p-2. The molecule has 0 atom stereocenters. The molecule has 0 aliphatic heterocycles. The molecule has 2 rings (SSSR count). The van der Waals surface area contributed by atoms with Crippen molar-refractivity contribution in [3.63, 3.8) is 0 Å². The van der Waals surface area contributed by atoms with E-state index in [9.17, 15) is 36.0 Å². The zero-order valence-electron chi connectivity index (χ0n) is 12.7. The van der Waals surface area contributed by atoms with Crippen molar-refractivity contribution in [1.82, 2.24) is 0 Å². The van der Waals surface area contributed by atoms with Gasteiger partial charge in [0.1, 0.15) is 5.75 Å². The molecule has 0 saturated heterocycles. The van der Waals surface area contributed by atoms with Gasteiger partial charge in [-0.05, 0) is 34.8 Å². The quantitative estimate of drug-likeness (QED) is 0.216. The fourth-order valence-electron chi connectivity index (χ4n) is 1.77. The van der Waals surface area contributed by atoms with Crippen molar-refractivity contribution in [2.75, 3.05) is 0 Å².